The number of ether oxygens (including phenoxy) is 4. The molecule has 3 heterocycles. The van der Waals surface area contributed by atoms with E-state index in [1.54, 1.807) is 16.7 Å². The van der Waals surface area contributed by atoms with Gasteiger partial charge in [0.15, 0.2) is 0 Å². The Bertz CT molecular complexity index is 1610. The second-order valence-corrected chi connectivity index (χ2v) is 11.1. The van der Waals surface area contributed by atoms with Crippen molar-refractivity contribution in [3.8, 4) is 23.3 Å². The van der Waals surface area contributed by atoms with Gasteiger partial charge in [-0.3, -0.25) is 9.47 Å². The van der Waals surface area contributed by atoms with Crippen LogP contribution in [-0.2, 0) is 19.7 Å². The van der Waals surface area contributed by atoms with Crippen molar-refractivity contribution in [1.82, 2.24) is 14.5 Å². The summed E-state index contributed by atoms with van der Waals surface area (Å²) in [5, 5.41) is 11.0. The van der Waals surface area contributed by atoms with Gasteiger partial charge in [0.1, 0.15) is 42.8 Å². The largest absolute Gasteiger partial charge is 0.573 e. The monoisotopic (exact) mass is 639 g/mol. The average molecular weight is 640 g/mol. The molecule has 0 bridgehead atoms. The topological polar surface area (TPSA) is 104 Å². The number of benzene rings is 3. The zero-order chi connectivity index (χ0) is 32.1. The Morgan fingerprint density at radius 2 is 1.48 bits per heavy atom. The number of hydrogen-bond acceptors (Lipinski definition) is 9. The summed E-state index contributed by atoms with van der Waals surface area (Å²) in [6, 6.07) is 21.7. The molecule has 0 amide bonds. The first-order valence-electron chi connectivity index (χ1n) is 14.8. The maximum absolute atomic E-state index is 12.3. The fourth-order valence-electron chi connectivity index (χ4n) is 5.35. The highest BCUT2D eigenvalue weighted by molar-refractivity contribution is 5.49. The van der Waals surface area contributed by atoms with Crippen molar-refractivity contribution in [3.05, 3.63) is 100 Å². The number of aryl methyl sites for hydroxylation is 1. The first kappa shape index (κ1) is 31.0. The zero-order valence-electron chi connectivity index (χ0n) is 24.8. The van der Waals surface area contributed by atoms with Crippen LogP contribution in [0, 0.1) is 10.1 Å². The number of halogens is 3. The number of hydrogen-bond donors (Lipinski definition) is 0. The van der Waals surface area contributed by atoms with Crippen LogP contribution in [0.2, 0.25) is 0 Å². The van der Waals surface area contributed by atoms with E-state index >= 15 is 0 Å². The number of fused-ring (bicyclic) bond motifs is 1. The van der Waals surface area contributed by atoms with Gasteiger partial charge in [-0.25, -0.2) is 0 Å². The Morgan fingerprint density at radius 1 is 0.848 bits per heavy atom. The predicted octanol–water partition coefficient (Wildman–Crippen LogP) is 5.82. The van der Waals surface area contributed by atoms with E-state index in [0.717, 1.165) is 49.7 Å². The highest BCUT2D eigenvalue weighted by Gasteiger charge is 2.31. The van der Waals surface area contributed by atoms with Crippen LogP contribution in [0.3, 0.4) is 0 Å². The molecule has 1 fully saturated rings. The highest BCUT2D eigenvalue weighted by atomic mass is 19.4. The third-order valence-corrected chi connectivity index (χ3v) is 7.78. The quantitative estimate of drug-likeness (QED) is 0.148. The lowest BCUT2D eigenvalue weighted by Crippen LogP contribution is -2.45. The third kappa shape index (κ3) is 8.18. The molecule has 3 aromatic carbocycles. The molecule has 1 saturated heterocycles. The van der Waals surface area contributed by atoms with Gasteiger partial charge in [0, 0.05) is 56.4 Å². The molecule has 2 aliphatic heterocycles. The fourth-order valence-corrected chi connectivity index (χ4v) is 5.35. The van der Waals surface area contributed by atoms with Gasteiger partial charge >= 0.3 is 18.2 Å². The van der Waals surface area contributed by atoms with Gasteiger partial charge in [-0.05, 0) is 64.6 Å². The summed E-state index contributed by atoms with van der Waals surface area (Å²) < 4.78 is 60.0. The fraction of sp³-hybridized carbons (Fsp3) is 0.344. The Labute approximate surface area is 262 Å². The summed E-state index contributed by atoms with van der Waals surface area (Å²) in [5.74, 6) is 0.926. The van der Waals surface area contributed by atoms with Crippen molar-refractivity contribution < 1.29 is 37.0 Å². The minimum absolute atomic E-state index is 0.221. The van der Waals surface area contributed by atoms with E-state index in [1.807, 2.05) is 48.5 Å². The molecule has 0 radical (unpaired) electrons. The van der Waals surface area contributed by atoms with Crippen molar-refractivity contribution in [2.45, 2.75) is 38.6 Å². The van der Waals surface area contributed by atoms with Crippen molar-refractivity contribution in [3.63, 3.8) is 0 Å². The molecule has 0 N–H and O–H groups in total. The molecule has 2 aliphatic rings. The van der Waals surface area contributed by atoms with Gasteiger partial charge in [0.25, 0.3) is 0 Å². The molecule has 0 saturated carbocycles. The highest BCUT2D eigenvalue weighted by Crippen LogP contribution is 2.27. The SMILES string of the molecule is O=[N+]([O-])c1cn2c(n1)O[C@H](COc1ccc(N3CCN(Cc4ccc(OCc5ccc(OC(F)(F)F)cc5)cc4)CC3)cc1)CC2. The van der Waals surface area contributed by atoms with Crippen LogP contribution in [0.25, 0.3) is 0 Å². The third-order valence-electron chi connectivity index (χ3n) is 7.78. The Kier molecular flexibility index (Phi) is 9.15. The number of aromatic nitrogens is 2. The van der Waals surface area contributed by atoms with Crippen molar-refractivity contribution in [2.24, 2.45) is 0 Å². The van der Waals surface area contributed by atoms with Gasteiger partial charge in [-0.1, -0.05) is 24.3 Å². The zero-order valence-corrected chi connectivity index (χ0v) is 24.8. The normalized spacial score (nSPS) is 16.8. The van der Waals surface area contributed by atoms with E-state index in [0.29, 0.717) is 25.3 Å². The summed E-state index contributed by atoms with van der Waals surface area (Å²) in [7, 11) is 0. The van der Waals surface area contributed by atoms with Crippen molar-refractivity contribution in [2.75, 3.05) is 37.7 Å². The van der Waals surface area contributed by atoms with Crippen molar-refractivity contribution in [1.29, 1.82) is 0 Å². The summed E-state index contributed by atoms with van der Waals surface area (Å²) in [4.78, 5) is 19.1. The summed E-state index contributed by atoms with van der Waals surface area (Å²) in [6.45, 7) is 5.57. The molecule has 0 unspecified atom stereocenters. The number of nitro groups is 1. The molecule has 242 valence electrons. The summed E-state index contributed by atoms with van der Waals surface area (Å²) in [6.07, 6.45) is -2.89. The number of alkyl halides is 3. The molecule has 46 heavy (non-hydrogen) atoms. The van der Waals surface area contributed by atoms with E-state index in [-0.39, 0.29) is 30.3 Å². The Balaban J connectivity index is 0.906. The van der Waals surface area contributed by atoms with Crippen LogP contribution in [0.4, 0.5) is 24.7 Å². The molecule has 14 heteroatoms. The van der Waals surface area contributed by atoms with Gasteiger partial charge in [-0.2, -0.15) is 0 Å². The number of piperazine rings is 1. The lowest BCUT2D eigenvalue weighted by molar-refractivity contribution is -0.389. The Hall–Kier alpha value is -4.98. The van der Waals surface area contributed by atoms with Gasteiger partial charge in [0.05, 0.1) is 0 Å². The molecular formula is C32H32F3N5O6. The molecule has 0 spiro atoms. The van der Waals surface area contributed by atoms with Crippen LogP contribution in [0.15, 0.2) is 79.0 Å². The molecule has 1 atom stereocenters. The first-order valence-corrected chi connectivity index (χ1v) is 14.8. The van der Waals surface area contributed by atoms with E-state index < -0.39 is 11.3 Å². The Morgan fingerprint density at radius 3 is 2.15 bits per heavy atom. The maximum atomic E-state index is 12.3. The minimum atomic E-state index is -4.71. The van der Waals surface area contributed by atoms with Crippen LogP contribution in [0.1, 0.15) is 17.5 Å². The number of rotatable bonds is 11. The lowest BCUT2D eigenvalue weighted by atomic mass is 10.1. The number of anilines is 1. The second-order valence-electron chi connectivity index (χ2n) is 11.1. The minimum Gasteiger partial charge on any atom is -0.490 e. The van der Waals surface area contributed by atoms with Crippen LogP contribution < -0.4 is 23.8 Å². The van der Waals surface area contributed by atoms with E-state index in [1.165, 1.54) is 23.9 Å². The first-order chi connectivity index (χ1) is 22.2. The maximum Gasteiger partial charge on any atom is 0.573 e. The molecule has 1 aromatic heterocycles. The number of imidazole rings is 1. The van der Waals surface area contributed by atoms with Crippen LogP contribution >= 0.6 is 0 Å². The van der Waals surface area contributed by atoms with E-state index in [9.17, 15) is 23.3 Å². The standard InChI is InChI=1S/C32H32F3N5O6/c33-32(34,35)46-28-9-3-24(4-10-28)21-43-26-7-1-23(2-8-26)19-37-15-17-38(18-16-37)25-5-11-27(12-6-25)44-22-29-13-14-39-20-30(40(41)42)36-31(39)45-29/h1-12,20,29H,13-19,21-22H2/t29-/m0/s1. The number of nitrogens with zero attached hydrogens (tertiary/aromatic N) is 5. The average Bonchev–Trinajstić information content (AvgIpc) is 3.48. The van der Waals surface area contributed by atoms with Crippen molar-refractivity contribution >= 4 is 11.5 Å². The molecule has 4 aromatic rings. The summed E-state index contributed by atoms with van der Waals surface area (Å²) >= 11 is 0. The molecule has 0 aliphatic carbocycles. The smallest absolute Gasteiger partial charge is 0.490 e. The van der Waals surface area contributed by atoms with Crippen LogP contribution in [0.5, 0.6) is 23.3 Å². The van der Waals surface area contributed by atoms with Gasteiger partial charge < -0.3 is 34.0 Å². The van der Waals surface area contributed by atoms with E-state index in [4.69, 9.17) is 14.2 Å². The predicted molar refractivity (Wildman–Crippen MR) is 161 cm³/mol. The van der Waals surface area contributed by atoms with E-state index in [2.05, 4.69) is 19.5 Å². The summed E-state index contributed by atoms with van der Waals surface area (Å²) in [5.41, 5.74) is 3.03. The lowest BCUT2D eigenvalue weighted by Gasteiger charge is -2.36. The van der Waals surface area contributed by atoms with Gasteiger partial charge in [0.2, 0.25) is 0 Å². The molecule has 11 nitrogen and oxygen atoms in total. The molecular weight excluding hydrogens is 607 g/mol. The van der Waals surface area contributed by atoms with Gasteiger partial charge in [-0.15, -0.1) is 13.2 Å². The molecule has 6 rings (SSSR count). The van der Waals surface area contributed by atoms with Crippen LogP contribution in [-0.4, -0.2) is 64.6 Å². The second kappa shape index (κ2) is 13.6.